The Morgan fingerprint density at radius 2 is 1.67 bits per heavy atom. The number of hydrogen-bond acceptors (Lipinski definition) is 4. The quantitative estimate of drug-likeness (QED) is 0.553. The van der Waals surface area contributed by atoms with Crippen molar-refractivity contribution >= 4 is 11.8 Å². The molecule has 2 amide bonds. The molecule has 0 saturated heterocycles. The molecule has 0 aliphatic heterocycles. The minimum absolute atomic E-state index is 0.140. The number of hydrogen-bond donors (Lipinski definition) is 1. The van der Waals surface area contributed by atoms with Gasteiger partial charge in [0.2, 0.25) is 5.91 Å². The summed E-state index contributed by atoms with van der Waals surface area (Å²) in [4.78, 5) is 28.1. The highest BCUT2D eigenvalue weighted by atomic mass is 16.5. The maximum Gasteiger partial charge on any atom is 0.261 e. The minimum Gasteiger partial charge on any atom is -0.497 e. The van der Waals surface area contributed by atoms with Gasteiger partial charge in [0.1, 0.15) is 17.5 Å². The molecule has 2 aromatic carbocycles. The van der Waals surface area contributed by atoms with Crippen molar-refractivity contribution in [1.29, 1.82) is 0 Å². The first-order valence-corrected chi connectivity index (χ1v) is 11.5. The van der Waals surface area contributed by atoms with E-state index in [1.54, 1.807) is 12.0 Å². The van der Waals surface area contributed by atoms with Crippen molar-refractivity contribution in [1.82, 2.24) is 10.2 Å². The topological polar surface area (TPSA) is 67.9 Å². The van der Waals surface area contributed by atoms with Gasteiger partial charge in [0.15, 0.2) is 6.61 Å². The van der Waals surface area contributed by atoms with Gasteiger partial charge in [-0.05, 0) is 62.4 Å². The Bertz CT molecular complexity index is 916. The summed E-state index contributed by atoms with van der Waals surface area (Å²) in [6.45, 7) is 12.0. The van der Waals surface area contributed by atoms with Gasteiger partial charge in [-0.3, -0.25) is 9.59 Å². The first-order chi connectivity index (χ1) is 15.6. The molecule has 0 aliphatic carbocycles. The summed E-state index contributed by atoms with van der Waals surface area (Å²) in [6, 6.07) is 14.6. The van der Waals surface area contributed by atoms with E-state index >= 15 is 0 Å². The third-order valence-corrected chi connectivity index (χ3v) is 5.29. The number of nitrogens with one attached hydrogen (secondary N) is 1. The smallest absolute Gasteiger partial charge is 0.261 e. The molecule has 6 heteroatoms. The second-order valence-corrected chi connectivity index (χ2v) is 9.51. The van der Waals surface area contributed by atoms with E-state index in [-0.39, 0.29) is 24.3 Å². The first-order valence-electron chi connectivity index (χ1n) is 11.5. The summed E-state index contributed by atoms with van der Waals surface area (Å²) in [5.41, 5.74) is 1.56. The highest BCUT2D eigenvalue weighted by molar-refractivity contribution is 5.88. The summed E-state index contributed by atoms with van der Waals surface area (Å²) in [5, 5.41) is 3.01. The molecule has 2 aromatic rings. The third kappa shape index (κ3) is 7.81. The van der Waals surface area contributed by atoms with E-state index in [1.807, 2.05) is 76.2 Å². The number of carbonyl (C=O) groups is 2. The van der Waals surface area contributed by atoms with Crippen molar-refractivity contribution in [2.45, 2.75) is 72.0 Å². The predicted octanol–water partition coefficient (Wildman–Crippen LogP) is 4.92. The Morgan fingerprint density at radius 1 is 1.03 bits per heavy atom. The normalized spacial score (nSPS) is 12.2. The second kappa shape index (κ2) is 11.7. The summed E-state index contributed by atoms with van der Waals surface area (Å²) >= 11 is 0. The number of methoxy groups -OCH3 is 1. The lowest BCUT2D eigenvalue weighted by atomic mass is 10.0. The van der Waals surface area contributed by atoms with Crippen LogP contribution >= 0.6 is 0 Å². The van der Waals surface area contributed by atoms with Gasteiger partial charge in [-0.25, -0.2) is 0 Å². The van der Waals surface area contributed by atoms with E-state index in [0.29, 0.717) is 18.7 Å². The number of carbonyl (C=O) groups excluding carboxylic acids is 2. The zero-order valence-electron chi connectivity index (χ0n) is 21.0. The second-order valence-electron chi connectivity index (χ2n) is 9.51. The zero-order valence-corrected chi connectivity index (χ0v) is 21.0. The lowest BCUT2D eigenvalue weighted by molar-refractivity contribution is -0.143. The number of nitrogens with zero attached hydrogens (tertiary/aromatic N) is 1. The van der Waals surface area contributed by atoms with Crippen LogP contribution in [0.1, 0.15) is 65.0 Å². The molecule has 1 N–H and O–H groups in total. The highest BCUT2D eigenvalue weighted by Crippen LogP contribution is 2.26. The maximum absolute atomic E-state index is 13.4. The van der Waals surface area contributed by atoms with E-state index < -0.39 is 11.6 Å². The molecule has 0 spiro atoms. The van der Waals surface area contributed by atoms with Crippen molar-refractivity contribution in [3.8, 4) is 11.5 Å². The van der Waals surface area contributed by atoms with Gasteiger partial charge < -0.3 is 19.7 Å². The van der Waals surface area contributed by atoms with Crippen LogP contribution in [0.25, 0.3) is 0 Å². The average molecular weight is 455 g/mol. The fourth-order valence-electron chi connectivity index (χ4n) is 3.61. The van der Waals surface area contributed by atoms with Crippen LogP contribution in [0.2, 0.25) is 0 Å². The predicted molar refractivity (Wildman–Crippen MR) is 132 cm³/mol. The van der Waals surface area contributed by atoms with Crippen molar-refractivity contribution in [3.63, 3.8) is 0 Å². The number of ether oxygens (including phenoxy) is 2. The summed E-state index contributed by atoms with van der Waals surface area (Å²) < 4.78 is 11.2. The van der Waals surface area contributed by atoms with Gasteiger partial charge >= 0.3 is 0 Å². The SMILES string of the molecule is CC[C@@H](C(=O)NC(C)(C)C)N(Cc1ccc(OC)cc1)C(=O)COc1ccccc1C(C)C. The molecule has 0 unspecified atom stereocenters. The molecule has 0 fully saturated rings. The van der Waals surface area contributed by atoms with Crippen LogP contribution in [-0.4, -0.2) is 42.0 Å². The Balaban J connectivity index is 2.27. The molecule has 2 rings (SSSR count). The monoisotopic (exact) mass is 454 g/mol. The standard InChI is InChI=1S/C27H38N2O4/c1-8-23(26(31)28-27(4,5)6)29(17-20-13-15-21(32-7)16-14-20)25(30)18-33-24-12-10-9-11-22(24)19(2)3/h9-16,19,23H,8,17-18H2,1-7H3,(H,28,31)/t23-/m0/s1. The zero-order chi connectivity index (χ0) is 24.6. The summed E-state index contributed by atoms with van der Waals surface area (Å²) in [6.07, 6.45) is 0.492. The van der Waals surface area contributed by atoms with Gasteiger partial charge in [-0.2, -0.15) is 0 Å². The van der Waals surface area contributed by atoms with Crippen molar-refractivity contribution in [2.75, 3.05) is 13.7 Å². The molecule has 0 saturated carbocycles. The van der Waals surface area contributed by atoms with Crippen LogP contribution < -0.4 is 14.8 Å². The third-order valence-electron chi connectivity index (χ3n) is 5.29. The molecular formula is C27H38N2O4. The number of amides is 2. The van der Waals surface area contributed by atoms with Crippen molar-refractivity contribution in [2.24, 2.45) is 0 Å². The van der Waals surface area contributed by atoms with E-state index in [9.17, 15) is 9.59 Å². The van der Waals surface area contributed by atoms with Gasteiger partial charge in [-0.1, -0.05) is 51.1 Å². The van der Waals surface area contributed by atoms with Crippen molar-refractivity contribution in [3.05, 3.63) is 59.7 Å². The van der Waals surface area contributed by atoms with Gasteiger partial charge in [0.05, 0.1) is 7.11 Å². The average Bonchev–Trinajstić information content (AvgIpc) is 2.76. The molecule has 33 heavy (non-hydrogen) atoms. The van der Waals surface area contributed by atoms with Crippen LogP contribution in [0, 0.1) is 0 Å². The number of para-hydroxylation sites is 1. The molecule has 0 bridgehead atoms. The number of rotatable bonds is 10. The number of benzene rings is 2. The lowest BCUT2D eigenvalue weighted by Gasteiger charge is -2.33. The first kappa shape index (κ1) is 26.2. The molecule has 1 atom stereocenters. The van der Waals surface area contributed by atoms with E-state index in [2.05, 4.69) is 19.2 Å². The molecule has 0 aromatic heterocycles. The molecule has 0 aliphatic rings. The molecular weight excluding hydrogens is 416 g/mol. The van der Waals surface area contributed by atoms with E-state index in [1.165, 1.54) is 0 Å². The molecule has 0 heterocycles. The fraction of sp³-hybridized carbons (Fsp3) is 0.481. The lowest BCUT2D eigenvalue weighted by Crippen LogP contribution is -2.54. The highest BCUT2D eigenvalue weighted by Gasteiger charge is 2.31. The Morgan fingerprint density at radius 3 is 2.21 bits per heavy atom. The largest absolute Gasteiger partial charge is 0.497 e. The van der Waals surface area contributed by atoms with Crippen LogP contribution in [0.4, 0.5) is 0 Å². The van der Waals surface area contributed by atoms with Crippen LogP contribution in [0.15, 0.2) is 48.5 Å². The van der Waals surface area contributed by atoms with Gasteiger partial charge in [-0.15, -0.1) is 0 Å². The Hall–Kier alpha value is -3.02. The van der Waals surface area contributed by atoms with E-state index in [4.69, 9.17) is 9.47 Å². The van der Waals surface area contributed by atoms with Gasteiger partial charge in [0, 0.05) is 12.1 Å². The minimum atomic E-state index is -0.609. The molecule has 0 radical (unpaired) electrons. The van der Waals surface area contributed by atoms with Crippen LogP contribution in [-0.2, 0) is 16.1 Å². The van der Waals surface area contributed by atoms with Crippen LogP contribution in [0.5, 0.6) is 11.5 Å². The molecule has 180 valence electrons. The Labute approximate surface area is 198 Å². The maximum atomic E-state index is 13.4. The summed E-state index contributed by atoms with van der Waals surface area (Å²) in [7, 11) is 1.61. The van der Waals surface area contributed by atoms with Crippen molar-refractivity contribution < 1.29 is 19.1 Å². The van der Waals surface area contributed by atoms with Gasteiger partial charge in [0.25, 0.3) is 5.91 Å². The summed E-state index contributed by atoms with van der Waals surface area (Å²) in [5.74, 6) is 1.29. The Kier molecular flexibility index (Phi) is 9.32. The molecule has 6 nitrogen and oxygen atoms in total. The van der Waals surface area contributed by atoms with E-state index in [0.717, 1.165) is 16.9 Å². The van der Waals surface area contributed by atoms with Crippen LogP contribution in [0.3, 0.4) is 0 Å². The fourth-order valence-corrected chi connectivity index (χ4v) is 3.61.